The van der Waals surface area contributed by atoms with Gasteiger partial charge in [0.05, 0.1) is 27.9 Å². The van der Waals surface area contributed by atoms with Gasteiger partial charge in [-0.2, -0.15) is 0 Å². The van der Waals surface area contributed by atoms with Crippen molar-refractivity contribution in [2.24, 2.45) is 0 Å². The largest absolute Gasteiger partial charge is 0.478 e. The second-order valence-electron chi connectivity index (χ2n) is 4.17. The lowest BCUT2D eigenvalue weighted by Gasteiger charge is -2.13. The third-order valence-electron chi connectivity index (χ3n) is 2.69. The highest BCUT2D eigenvalue weighted by Gasteiger charge is 2.25. The average Bonchev–Trinajstić information content (AvgIpc) is 2.45. The van der Waals surface area contributed by atoms with Gasteiger partial charge < -0.3 is 15.2 Å². The lowest BCUT2D eigenvalue weighted by molar-refractivity contribution is -0.120. The van der Waals surface area contributed by atoms with E-state index in [1.165, 1.54) is 26.2 Å². The quantitative estimate of drug-likeness (QED) is 0.700. The van der Waals surface area contributed by atoms with Gasteiger partial charge >= 0.3 is 5.97 Å². The number of amides is 1. The van der Waals surface area contributed by atoms with E-state index in [1.807, 2.05) is 0 Å². The van der Waals surface area contributed by atoms with Crippen LogP contribution in [0.2, 0.25) is 0 Å². The number of methoxy groups -OCH3 is 1. The fourth-order valence-electron chi connectivity index (χ4n) is 1.55. The van der Waals surface area contributed by atoms with Crippen LogP contribution in [0.1, 0.15) is 17.3 Å². The van der Waals surface area contributed by atoms with E-state index < -0.39 is 27.9 Å². The van der Waals surface area contributed by atoms with Crippen LogP contribution in [0, 0.1) is 0 Å². The van der Waals surface area contributed by atoms with Crippen LogP contribution in [0.4, 0.5) is 0 Å². The summed E-state index contributed by atoms with van der Waals surface area (Å²) in [5.41, 5.74) is -0.0759. The Morgan fingerprint density at radius 1 is 1.48 bits per heavy atom. The van der Waals surface area contributed by atoms with Crippen molar-refractivity contribution in [2.45, 2.75) is 17.1 Å². The normalized spacial score (nSPS) is 13.5. The molecule has 0 fully saturated rings. The number of hydrogen-bond acceptors (Lipinski definition) is 4. The number of aromatic carboxylic acids is 1. The zero-order valence-corrected chi connectivity index (χ0v) is 14.0. The number of carbonyl (C=O) groups excluding carboxylic acids is 1. The van der Waals surface area contributed by atoms with Crippen LogP contribution in [0.3, 0.4) is 0 Å². The number of hydrogen-bond donors (Lipinski definition) is 2. The van der Waals surface area contributed by atoms with E-state index in [0.29, 0.717) is 17.6 Å². The van der Waals surface area contributed by atoms with E-state index in [9.17, 15) is 13.8 Å². The Labute approximate surface area is 133 Å². The van der Waals surface area contributed by atoms with Crippen molar-refractivity contribution in [1.29, 1.82) is 0 Å². The molecule has 2 atom stereocenters. The molecule has 0 aliphatic heterocycles. The molecule has 0 bridgehead atoms. The summed E-state index contributed by atoms with van der Waals surface area (Å²) in [5.74, 6) is -1.60. The van der Waals surface area contributed by atoms with Crippen molar-refractivity contribution in [3.05, 3.63) is 28.2 Å². The second kappa shape index (κ2) is 8.26. The van der Waals surface area contributed by atoms with E-state index in [4.69, 9.17) is 9.84 Å². The summed E-state index contributed by atoms with van der Waals surface area (Å²) in [6.07, 6.45) is 0. The molecule has 2 unspecified atom stereocenters. The average molecular weight is 378 g/mol. The summed E-state index contributed by atoms with van der Waals surface area (Å²) in [7, 11) is -0.261. The number of rotatable bonds is 7. The minimum Gasteiger partial charge on any atom is -0.478 e. The molecule has 0 saturated carbocycles. The molecular formula is C13H16BrNO5S. The molecule has 8 heteroatoms. The number of carbonyl (C=O) groups is 2. The number of benzene rings is 1. The first-order valence-corrected chi connectivity index (χ1v) is 8.09. The molecule has 6 nitrogen and oxygen atoms in total. The molecule has 0 aliphatic rings. The van der Waals surface area contributed by atoms with Crippen LogP contribution in [0.25, 0.3) is 0 Å². The van der Waals surface area contributed by atoms with E-state index >= 15 is 0 Å². The molecule has 0 radical (unpaired) electrons. The SMILES string of the molecule is COCCNC(=O)C(C)S(=O)c1cc(Br)ccc1C(=O)O. The predicted molar refractivity (Wildman–Crippen MR) is 81.9 cm³/mol. The fraction of sp³-hybridized carbons (Fsp3) is 0.385. The number of ether oxygens (including phenoxy) is 1. The first-order chi connectivity index (χ1) is 9.88. The van der Waals surface area contributed by atoms with E-state index in [2.05, 4.69) is 21.2 Å². The van der Waals surface area contributed by atoms with Crippen molar-refractivity contribution in [1.82, 2.24) is 5.32 Å². The summed E-state index contributed by atoms with van der Waals surface area (Å²) in [5, 5.41) is 10.8. The van der Waals surface area contributed by atoms with E-state index in [1.54, 1.807) is 6.07 Å². The van der Waals surface area contributed by atoms with Gasteiger partial charge in [-0.3, -0.25) is 9.00 Å². The zero-order chi connectivity index (χ0) is 16.0. The summed E-state index contributed by atoms with van der Waals surface area (Å²) in [6, 6.07) is 4.36. The number of halogens is 1. The standard InChI is InChI=1S/C13H16BrNO5S/c1-8(12(16)15-5-6-20-2)21(19)11-7-9(14)3-4-10(11)13(17)18/h3-4,7-8H,5-6H2,1-2H3,(H,15,16)(H,17,18). The summed E-state index contributed by atoms with van der Waals surface area (Å²) < 4.78 is 17.8. The predicted octanol–water partition coefficient (Wildman–Crippen LogP) is 1.41. The molecule has 0 saturated heterocycles. The van der Waals surface area contributed by atoms with E-state index in [-0.39, 0.29) is 10.5 Å². The molecule has 116 valence electrons. The fourth-order valence-corrected chi connectivity index (χ4v) is 3.33. The van der Waals surface area contributed by atoms with Gasteiger partial charge in [0.25, 0.3) is 0 Å². The molecule has 1 aromatic rings. The van der Waals surface area contributed by atoms with Gasteiger partial charge in [0.2, 0.25) is 5.91 Å². The molecule has 0 aromatic heterocycles. The Hall–Kier alpha value is -1.25. The maximum absolute atomic E-state index is 12.4. The first kappa shape index (κ1) is 17.8. The van der Waals surface area contributed by atoms with Gasteiger partial charge in [0, 0.05) is 18.1 Å². The molecule has 21 heavy (non-hydrogen) atoms. The molecule has 1 rings (SSSR count). The summed E-state index contributed by atoms with van der Waals surface area (Å²) in [6.45, 7) is 2.15. The lowest BCUT2D eigenvalue weighted by atomic mass is 10.2. The summed E-state index contributed by atoms with van der Waals surface area (Å²) >= 11 is 3.21. The highest BCUT2D eigenvalue weighted by Crippen LogP contribution is 2.22. The first-order valence-electron chi connectivity index (χ1n) is 6.08. The minimum atomic E-state index is -1.77. The van der Waals surface area contributed by atoms with Crippen molar-refractivity contribution >= 4 is 38.6 Å². The Morgan fingerprint density at radius 2 is 2.14 bits per heavy atom. The zero-order valence-electron chi connectivity index (χ0n) is 11.6. The second-order valence-corrected chi connectivity index (χ2v) is 6.83. The third kappa shape index (κ3) is 4.90. The number of carboxylic acid groups (broad SMARTS) is 1. The van der Waals surface area contributed by atoms with Crippen LogP contribution in [-0.2, 0) is 20.3 Å². The van der Waals surface area contributed by atoms with Gasteiger partial charge in [-0.25, -0.2) is 4.79 Å². The van der Waals surface area contributed by atoms with Crippen molar-refractivity contribution in [2.75, 3.05) is 20.3 Å². The number of nitrogens with one attached hydrogen (secondary N) is 1. The van der Waals surface area contributed by atoms with Gasteiger partial charge in [0.1, 0.15) is 5.25 Å². The lowest BCUT2D eigenvalue weighted by Crippen LogP contribution is -2.37. The smallest absolute Gasteiger partial charge is 0.336 e. The molecule has 0 aliphatic carbocycles. The summed E-state index contributed by atoms with van der Waals surface area (Å²) in [4.78, 5) is 23.2. The van der Waals surface area contributed by atoms with Crippen LogP contribution >= 0.6 is 15.9 Å². The Bertz CT molecular complexity index is 563. The number of carboxylic acids is 1. The van der Waals surface area contributed by atoms with Crippen LogP contribution in [-0.4, -0.2) is 46.7 Å². The highest BCUT2D eigenvalue weighted by atomic mass is 79.9. The van der Waals surface area contributed by atoms with Crippen LogP contribution < -0.4 is 5.32 Å². The van der Waals surface area contributed by atoms with Crippen LogP contribution in [0.5, 0.6) is 0 Å². The van der Waals surface area contributed by atoms with Crippen molar-refractivity contribution < 1.29 is 23.6 Å². The molecular weight excluding hydrogens is 362 g/mol. The van der Waals surface area contributed by atoms with Gasteiger partial charge in [0.15, 0.2) is 0 Å². The topological polar surface area (TPSA) is 92.7 Å². The molecule has 2 N–H and O–H groups in total. The molecule has 0 heterocycles. The minimum absolute atomic E-state index is 0.0759. The molecule has 0 spiro atoms. The molecule has 1 amide bonds. The molecule has 1 aromatic carbocycles. The van der Waals surface area contributed by atoms with Gasteiger partial charge in [-0.1, -0.05) is 15.9 Å². The highest BCUT2D eigenvalue weighted by molar-refractivity contribution is 9.10. The Morgan fingerprint density at radius 3 is 2.71 bits per heavy atom. The Kier molecular flexibility index (Phi) is 7.00. The van der Waals surface area contributed by atoms with Crippen molar-refractivity contribution in [3.8, 4) is 0 Å². The van der Waals surface area contributed by atoms with Gasteiger partial charge in [-0.05, 0) is 25.1 Å². The van der Waals surface area contributed by atoms with Gasteiger partial charge in [-0.15, -0.1) is 0 Å². The monoisotopic (exact) mass is 377 g/mol. The van der Waals surface area contributed by atoms with Crippen molar-refractivity contribution in [3.63, 3.8) is 0 Å². The Balaban J connectivity index is 2.94. The maximum atomic E-state index is 12.4. The van der Waals surface area contributed by atoms with E-state index in [0.717, 1.165) is 0 Å². The van der Waals surface area contributed by atoms with Crippen LogP contribution in [0.15, 0.2) is 27.6 Å². The maximum Gasteiger partial charge on any atom is 0.336 e. The third-order valence-corrected chi connectivity index (χ3v) is 4.81.